The molecule has 1 aromatic carbocycles. The molecular formula is C21H24FN2OS+. The third-order valence-corrected chi connectivity index (χ3v) is 4.26. The maximum Gasteiger partial charge on any atom is 0.287 e. The largest absolute Gasteiger partial charge is 0.502 e. The summed E-state index contributed by atoms with van der Waals surface area (Å²) in [4.78, 5) is 0.375. The molecule has 5 heteroatoms. The summed E-state index contributed by atoms with van der Waals surface area (Å²) in [6, 6.07) is 9.63. The van der Waals surface area contributed by atoms with Crippen LogP contribution in [0.5, 0.6) is 0 Å². The molecule has 2 aromatic rings. The normalized spacial score (nSPS) is 12.3. The molecule has 26 heavy (non-hydrogen) atoms. The van der Waals surface area contributed by atoms with Gasteiger partial charge in [-0.1, -0.05) is 39.1 Å². The van der Waals surface area contributed by atoms with Crippen LogP contribution in [0.25, 0.3) is 11.5 Å². The number of thiocarbonyl (C=S) groups is 1. The number of aliphatic hydroxyl groups excluding tert-OH is 1. The Kier molecular flexibility index (Phi) is 6.27. The van der Waals surface area contributed by atoms with Gasteiger partial charge < -0.3 is 10.4 Å². The molecule has 1 heterocycles. The Hall–Kier alpha value is -2.53. The van der Waals surface area contributed by atoms with E-state index in [4.69, 9.17) is 12.2 Å². The molecule has 0 saturated heterocycles. The van der Waals surface area contributed by atoms with E-state index in [1.165, 1.54) is 29.8 Å². The van der Waals surface area contributed by atoms with E-state index in [1.807, 2.05) is 24.5 Å². The van der Waals surface area contributed by atoms with Crippen LogP contribution in [0.2, 0.25) is 0 Å². The molecule has 0 aliphatic heterocycles. The molecule has 0 aliphatic rings. The lowest BCUT2D eigenvalue weighted by molar-refractivity contribution is -0.576. The van der Waals surface area contributed by atoms with Crippen molar-refractivity contribution < 1.29 is 14.1 Å². The maximum atomic E-state index is 13.2. The van der Waals surface area contributed by atoms with Gasteiger partial charge in [-0.2, -0.15) is 4.57 Å². The summed E-state index contributed by atoms with van der Waals surface area (Å²) >= 11 is 5.46. The van der Waals surface area contributed by atoms with Crippen LogP contribution < -0.4 is 9.88 Å². The average Bonchev–Trinajstić information content (AvgIpc) is 2.60. The Bertz CT molecular complexity index is 819. The molecule has 0 fully saturated rings. The predicted octanol–water partition coefficient (Wildman–Crippen LogP) is 4.40. The second-order valence-corrected chi connectivity index (χ2v) is 7.36. The minimum atomic E-state index is -0.363. The fraction of sp³-hybridized carbons (Fsp3) is 0.238. The number of halogens is 1. The smallest absolute Gasteiger partial charge is 0.287 e. The predicted molar refractivity (Wildman–Crippen MR) is 108 cm³/mol. The molecule has 0 atom stereocenters. The van der Waals surface area contributed by atoms with Gasteiger partial charge in [0.15, 0.2) is 23.1 Å². The van der Waals surface area contributed by atoms with Gasteiger partial charge >= 0.3 is 0 Å². The number of aromatic nitrogens is 1. The monoisotopic (exact) mass is 371 g/mol. The summed E-state index contributed by atoms with van der Waals surface area (Å²) < 4.78 is 15.0. The van der Waals surface area contributed by atoms with Crippen molar-refractivity contribution >= 4 is 28.7 Å². The zero-order chi connectivity index (χ0) is 19.3. The second kappa shape index (κ2) is 8.23. The quantitative estimate of drug-likeness (QED) is 0.269. The summed E-state index contributed by atoms with van der Waals surface area (Å²) in [6.07, 6.45) is 5.40. The van der Waals surface area contributed by atoms with Gasteiger partial charge in [-0.3, -0.25) is 0 Å². The number of benzene rings is 1. The molecule has 0 unspecified atom stereocenters. The average molecular weight is 372 g/mol. The molecule has 3 nitrogen and oxygen atoms in total. The van der Waals surface area contributed by atoms with Gasteiger partial charge in [-0.05, 0) is 35.2 Å². The van der Waals surface area contributed by atoms with Gasteiger partial charge in [-0.25, -0.2) is 4.39 Å². The number of rotatable bonds is 5. The Morgan fingerprint density at radius 2 is 1.77 bits per heavy atom. The van der Waals surface area contributed by atoms with Crippen LogP contribution in [0.3, 0.4) is 0 Å². The first-order valence-corrected chi connectivity index (χ1v) is 8.75. The van der Waals surface area contributed by atoms with Gasteiger partial charge in [0.1, 0.15) is 5.82 Å². The molecule has 0 bridgehead atoms. The minimum Gasteiger partial charge on any atom is -0.502 e. The van der Waals surface area contributed by atoms with Crippen LogP contribution in [-0.4, -0.2) is 16.6 Å². The Balaban J connectivity index is 2.53. The minimum absolute atomic E-state index is 0.0174. The van der Waals surface area contributed by atoms with Crippen LogP contribution >= 0.6 is 12.2 Å². The fourth-order valence-corrected chi connectivity index (χ4v) is 2.70. The number of aliphatic hydroxyl groups is 1. The molecule has 2 N–H and O–H groups in total. The number of nitrogens with one attached hydrogen (secondary N) is 1. The van der Waals surface area contributed by atoms with E-state index in [1.54, 1.807) is 10.6 Å². The number of hydrogen-bond acceptors (Lipinski definition) is 2. The summed E-state index contributed by atoms with van der Waals surface area (Å²) in [6.45, 7) is 10.5. The lowest BCUT2D eigenvalue weighted by atomic mass is 9.88. The third-order valence-electron chi connectivity index (χ3n) is 3.92. The Morgan fingerprint density at radius 1 is 1.19 bits per heavy atom. The first kappa shape index (κ1) is 19.8. The standard InChI is InChI=1S/C21H23FN2OS/c1-5-12-23-20(26)18(19(25)15-6-8-17(22)9-7-15)24-13-10-16(11-14-24)21(2,3)4/h5-11,13-14H,1,12H2,2-4H3,(H-,23,25,26)/p+1. The van der Waals surface area contributed by atoms with Crippen molar-refractivity contribution in [2.75, 3.05) is 6.54 Å². The van der Waals surface area contributed by atoms with Gasteiger partial charge in [-0.15, -0.1) is 6.58 Å². The summed E-state index contributed by atoms with van der Waals surface area (Å²) in [5, 5.41) is 13.8. The summed E-state index contributed by atoms with van der Waals surface area (Å²) in [7, 11) is 0. The van der Waals surface area contributed by atoms with Crippen LogP contribution in [0, 0.1) is 5.82 Å². The van der Waals surface area contributed by atoms with Crippen molar-refractivity contribution in [1.82, 2.24) is 5.32 Å². The molecule has 0 saturated carbocycles. The number of pyridine rings is 1. The molecule has 136 valence electrons. The van der Waals surface area contributed by atoms with Crippen LogP contribution in [0.1, 0.15) is 31.9 Å². The maximum absolute atomic E-state index is 13.2. The molecule has 0 spiro atoms. The first-order valence-electron chi connectivity index (χ1n) is 8.34. The van der Waals surface area contributed by atoms with Crippen molar-refractivity contribution in [3.63, 3.8) is 0 Å². The highest BCUT2D eigenvalue weighted by Crippen LogP contribution is 2.22. The Morgan fingerprint density at radius 3 is 2.27 bits per heavy atom. The zero-order valence-electron chi connectivity index (χ0n) is 15.3. The highest BCUT2D eigenvalue weighted by Gasteiger charge is 2.24. The molecule has 2 rings (SSSR count). The number of nitrogens with zero attached hydrogens (tertiary/aromatic N) is 1. The molecule has 1 aromatic heterocycles. The van der Waals surface area contributed by atoms with Crippen molar-refractivity contribution in [1.29, 1.82) is 0 Å². The van der Waals surface area contributed by atoms with Crippen LogP contribution in [0.4, 0.5) is 4.39 Å². The van der Waals surface area contributed by atoms with Gasteiger partial charge in [0.25, 0.3) is 5.70 Å². The van der Waals surface area contributed by atoms with Crippen LogP contribution in [0.15, 0.2) is 61.4 Å². The van der Waals surface area contributed by atoms with Crippen molar-refractivity contribution in [2.24, 2.45) is 0 Å². The van der Waals surface area contributed by atoms with E-state index < -0.39 is 0 Å². The highest BCUT2D eigenvalue weighted by molar-refractivity contribution is 7.81. The van der Waals surface area contributed by atoms with E-state index in [-0.39, 0.29) is 17.0 Å². The van der Waals surface area contributed by atoms with Gasteiger partial charge in [0.05, 0.1) is 0 Å². The van der Waals surface area contributed by atoms with E-state index in [0.29, 0.717) is 22.8 Å². The topological polar surface area (TPSA) is 36.1 Å². The summed E-state index contributed by atoms with van der Waals surface area (Å²) in [5.41, 5.74) is 2.09. The van der Waals surface area contributed by atoms with E-state index in [0.717, 1.165) is 0 Å². The molecule has 0 amide bonds. The molecular weight excluding hydrogens is 347 g/mol. The fourth-order valence-electron chi connectivity index (χ4n) is 2.42. The van der Waals surface area contributed by atoms with E-state index >= 15 is 0 Å². The lowest BCUT2D eigenvalue weighted by Gasteiger charge is -2.18. The van der Waals surface area contributed by atoms with Crippen molar-refractivity contribution in [3.8, 4) is 0 Å². The third kappa shape index (κ3) is 4.76. The van der Waals surface area contributed by atoms with E-state index in [9.17, 15) is 9.50 Å². The Labute approximate surface area is 159 Å². The zero-order valence-corrected chi connectivity index (χ0v) is 16.1. The van der Waals surface area contributed by atoms with E-state index in [2.05, 4.69) is 32.7 Å². The first-order chi connectivity index (χ1) is 12.2. The SMILES string of the molecule is C=CCNC(=S)/C(=C(\O)c1ccc(F)cc1)[n+]1ccc(C(C)(C)C)cc1. The lowest BCUT2D eigenvalue weighted by Crippen LogP contribution is -2.41. The van der Waals surface area contributed by atoms with Crippen molar-refractivity contribution in [2.45, 2.75) is 26.2 Å². The van der Waals surface area contributed by atoms with Crippen molar-refractivity contribution in [3.05, 3.63) is 78.4 Å². The molecule has 0 radical (unpaired) electrons. The van der Waals surface area contributed by atoms with Crippen LogP contribution in [-0.2, 0) is 5.41 Å². The second-order valence-electron chi connectivity index (χ2n) is 6.95. The van der Waals surface area contributed by atoms with Gasteiger partial charge in [0.2, 0.25) is 0 Å². The molecule has 0 aliphatic carbocycles. The highest BCUT2D eigenvalue weighted by atomic mass is 32.1. The summed E-state index contributed by atoms with van der Waals surface area (Å²) in [5.74, 6) is -0.391. The number of hydrogen-bond donors (Lipinski definition) is 2. The van der Waals surface area contributed by atoms with Gasteiger partial charge in [0, 0.05) is 24.2 Å².